The molecular formula is C14H21NO2. The van der Waals surface area contributed by atoms with Gasteiger partial charge < -0.3 is 10.1 Å². The lowest BCUT2D eigenvalue weighted by Gasteiger charge is -2.08. The zero-order valence-electron chi connectivity index (χ0n) is 10.7. The highest BCUT2D eigenvalue weighted by Gasteiger charge is 2.02. The molecule has 0 fully saturated rings. The normalized spacial score (nSPS) is 10.0. The predicted molar refractivity (Wildman–Crippen MR) is 70.2 cm³/mol. The van der Waals surface area contributed by atoms with Gasteiger partial charge in [0.05, 0.1) is 6.61 Å². The van der Waals surface area contributed by atoms with Gasteiger partial charge in [0.25, 0.3) is 0 Å². The van der Waals surface area contributed by atoms with Gasteiger partial charge in [-0.3, -0.25) is 4.79 Å². The summed E-state index contributed by atoms with van der Waals surface area (Å²) in [5.41, 5.74) is 2.23. The predicted octanol–water partition coefficient (Wildman–Crippen LogP) is 3.00. The van der Waals surface area contributed by atoms with Crippen LogP contribution in [0.5, 0.6) is 0 Å². The quantitative estimate of drug-likeness (QED) is 0.583. The molecule has 0 saturated heterocycles. The lowest BCUT2D eigenvalue weighted by atomic mass is 10.1. The van der Waals surface area contributed by atoms with Crippen LogP contribution in [0.1, 0.15) is 32.3 Å². The number of ether oxygens (including phenoxy) is 1. The maximum absolute atomic E-state index is 11.4. The molecule has 94 valence electrons. The average Bonchev–Trinajstić information content (AvgIpc) is 2.37. The number of nitrogens with one attached hydrogen (secondary N) is 1. The first-order chi connectivity index (χ1) is 8.26. The molecule has 0 spiro atoms. The van der Waals surface area contributed by atoms with Crippen LogP contribution in [0.25, 0.3) is 0 Å². The van der Waals surface area contributed by atoms with Crippen molar-refractivity contribution in [2.24, 2.45) is 0 Å². The smallest absolute Gasteiger partial charge is 0.325 e. The molecule has 1 N–H and O–H groups in total. The number of carbonyl (C=O) groups is 1. The second kappa shape index (κ2) is 7.71. The molecule has 3 nitrogen and oxygen atoms in total. The molecule has 0 saturated carbocycles. The van der Waals surface area contributed by atoms with E-state index in [2.05, 4.69) is 31.3 Å². The van der Waals surface area contributed by atoms with Gasteiger partial charge in [0.1, 0.15) is 6.54 Å². The molecule has 0 aliphatic rings. The van der Waals surface area contributed by atoms with Crippen LogP contribution in [-0.2, 0) is 16.0 Å². The van der Waals surface area contributed by atoms with E-state index in [-0.39, 0.29) is 12.5 Å². The first-order valence-corrected chi connectivity index (χ1v) is 6.24. The van der Waals surface area contributed by atoms with Crippen LogP contribution in [0.4, 0.5) is 5.69 Å². The van der Waals surface area contributed by atoms with Gasteiger partial charge in [-0.05, 0) is 30.5 Å². The number of benzene rings is 1. The van der Waals surface area contributed by atoms with E-state index in [1.807, 2.05) is 12.1 Å². The lowest BCUT2D eigenvalue weighted by molar-refractivity contribution is -0.141. The molecule has 0 aromatic heterocycles. The van der Waals surface area contributed by atoms with Crippen molar-refractivity contribution in [3.05, 3.63) is 29.8 Å². The highest BCUT2D eigenvalue weighted by Crippen LogP contribution is 2.10. The summed E-state index contributed by atoms with van der Waals surface area (Å²) < 4.78 is 5.06. The molecule has 0 aliphatic heterocycles. The van der Waals surface area contributed by atoms with Crippen LogP contribution in [0.3, 0.4) is 0 Å². The Kier molecular flexibility index (Phi) is 6.15. The van der Waals surface area contributed by atoms with Crippen molar-refractivity contribution in [3.8, 4) is 0 Å². The van der Waals surface area contributed by atoms with E-state index >= 15 is 0 Å². The largest absolute Gasteiger partial charge is 0.464 e. The van der Waals surface area contributed by atoms with Crippen LogP contribution in [0, 0.1) is 0 Å². The molecular weight excluding hydrogens is 214 g/mol. The molecule has 0 unspecified atom stereocenters. The molecule has 0 amide bonds. The molecule has 0 atom stereocenters. The molecule has 0 radical (unpaired) electrons. The number of hydrogen-bond acceptors (Lipinski definition) is 3. The first kappa shape index (κ1) is 13.6. The summed E-state index contributed by atoms with van der Waals surface area (Å²) in [4.78, 5) is 11.4. The molecule has 1 aromatic carbocycles. The topological polar surface area (TPSA) is 38.3 Å². The summed E-state index contributed by atoms with van der Waals surface area (Å²) in [6.45, 7) is 4.93. The average molecular weight is 235 g/mol. The van der Waals surface area contributed by atoms with Gasteiger partial charge >= 0.3 is 5.97 Å². The summed E-state index contributed by atoms with van der Waals surface area (Å²) in [5.74, 6) is -0.194. The summed E-state index contributed by atoms with van der Waals surface area (Å²) in [5, 5.41) is 3.07. The fourth-order valence-corrected chi connectivity index (χ4v) is 1.46. The summed E-state index contributed by atoms with van der Waals surface area (Å²) in [6.07, 6.45) is 2.97. The molecule has 1 aromatic rings. The van der Waals surface area contributed by atoms with Gasteiger partial charge in [-0.15, -0.1) is 0 Å². The Morgan fingerprint density at radius 2 is 2.18 bits per heavy atom. The Balaban J connectivity index is 2.31. The Labute approximate surface area is 103 Å². The van der Waals surface area contributed by atoms with Crippen LogP contribution in [0.2, 0.25) is 0 Å². The Morgan fingerprint density at radius 3 is 2.88 bits per heavy atom. The number of unbranched alkanes of at least 4 members (excludes halogenated alkanes) is 1. The van der Waals surface area contributed by atoms with E-state index in [1.165, 1.54) is 5.56 Å². The second-order valence-corrected chi connectivity index (χ2v) is 3.98. The summed E-state index contributed by atoms with van der Waals surface area (Å²) in [7, 11) is 0. The van der Waals surface area contributed by atoms with Crippen molar-refractivity contribution < 1.29 is 9.53 Å². The van der Waals surface area contributed by atoms with Gasteiger partial charge in [0.15, 0.2) is 0 Å². The van der Waals surface area contributed by atoms with Crippen LogP contribution < -0.4 is 5.32 Å². The van der Waals surface area contributed by atoms with E-state index in [9.17, 15) is 4.79 Å². The maximum Gasteiger partial charge on any atom is 0.325 e. The van der Waals surface area contributed by atoms with Crippen LogP contribution in [-0.4, -0.2) is 19.1 Å². The van der Waals surface area contributed by atoms with Gasteiger partial charge in [-0.2, -0.15) is 0 Å². The van der Waals surface area contributed by atoms with E-state index in [0.29, 0.717) is 6.61 Å². The summed E-state index contributed by atoms with van der Waals surface area (Å²) in [6, 6.07) is 8.08. The number of aryl methyl sites for hydroxylation is 1. The minimum Gasteiger partial charge on any atom is -0.464 e. The van der Waals surface area contributed by atoms with Gasteiger partial charge in [-0.25, -0.2) is 0 Å². The van der Waals surface area contributed by atoms with Gasteiger partial charge in [-0.1, -0.05) is 32.4 Å². The Morgan fingerprint density at radius 1 is 1.35 bits per heavy atom. The van der Waals surface area contributed by atoms with Crippen LogP contribution >= 0.6 is 0 Å². The van der Waals surface area contributed by atoms with Crippen LogP contribution in [0.15, 0.2) is 24.3 Å². The van der Waals surface area contributed by atoms with Crippen molar-refractivity contribution in [1.82, 2.24) is 0 Å². The second-order valence-electron chi connectivity index (χ2n) is 3.98. The highest BCUT2D eigenvalue weighted by atomic mass is 16.5. The monoisotopic (exact) mass is 235 g/mol. The molecule has 1 rings (SSSR count). The molecule has 3 heteroatoms. The van der Waals surface area contributed by atoms with E-state index in [0.717, 1.165) is 24.9 Å². The molecule has 17 heavy (non-hydrogen) atoms. The SMILES string of the molecule is CCCCOC(=O)CNc1cccc(CC)c1. The third-order valence-electron chi connectivity index (χ3n) is 2.53. The molecule has 0 bridgehead atoms. The van der Waals surface area contributed by atoms with Crippen molar-refractivity contribution >= 4 is 11.7 Å². The van der Waals surface area contributed by atoms with Crippen molar-refractivity contribution in [3.63, 3.8) is 0 Å². The maximum atomic E-state index is 11.4. The minimum absolute atomic E-state index is 0.194. The van der Waals surface area contributed by atoms with E-state index < -0.39 is 0 Å². The minimum atomic E-state index is -0.194. The summed E-state index contributed by atoms with van der Waals surface area (Å²) >= 11 is 0. The zero-order chi connectivity index (χ0) is 12.5. The Hall–Kier alpha value is -1.51. The van der Waals surface area contributed by atoms with E-state index in [4.69, 9.17) is 4.74 Å². The Bertz CT molecular complexity index is 350. The number of esters is 1. The van der Waals surface area contributed by atoms with E-state index in [1.54, 1.807) is 0 Å². The standard InChI is InChI=1S/C14H21NO2/c1-3-5-9-17-14(16)11-15-13-8-6-7-12(4-2)10-13/h6-8,10,15H,3-5,9,11H2,1-2H3. The number of rotatable bonds is 7. The lowest BCUT2D eigenvalue weighted by Crippen LogP contribution is -2.17. The number of hydrogen-bond donors (Lipinski definition) is 1. The van der Waals surface area contributed by atoms with Crippen molar-refractivity contribution in [2.45, 2.75) is 33.1 Å². The highest BCUT2D eigenvalue weighted by molar-refractivity contribution is 5.75. The third kappa shape index (κ3) is 5.38. The third-order valence-corrected chi connectivity index (χ3v) is 2.53. The van der Waals surface area contributed by atoms with Gasteiger partial charge in [0, 0.05) is 5.69 Å². The fraction of sp³-hybridized carbons (Fsp3) is 0.500. The molecule has 0 heterocycles. The number of anilines is 1. The zero-order valence-corrected chi connectivity index (χ0v) is 10.7. The molecule has 0 aliphatic carbocycles. The number of carbonyl (C=O) groups excluding carboxylic acids is 1. The van der Waals surface area contributed by atoms with Gasteiger partial charge in [0.2, 0.25) is 0 Å². The van der Waals surface area contributed by atoms with Crippen molar-refractivity contribution in [2.75, 3.05) is 18.5 Å². The fourth-order valence-electron chi connectivity index (χ4n) is 1.46. The van der Waals surface area contributed by atoms with Crippen molar-refractivity contribution in [1.29, 1.82) is 0 Å². The first-order valence-electron chi connectivity index (χ1n) is 6.24.